The Balaban J connectivity index is 3.66. The van der Waals surface area contributed by atoms with Gasteiger partial charge in [-0.3, -0.25) is 4.79 Å². The van der Waals surface area contributed by atoms with Gasteiger partial charge in [-0.15, -0.1) is 0 Å². The highest BCUT2D eigenvalue weighted by Crippen LogP contribution is 1.78. The standard InChI is InChI=1S/C6H13N3OS/c1-3-8-6(11)9-4(2)5(7)10/h4H,3H2,1-2H3,(H2,7,10)(H2,8,9,11). The van der Waals surface area contributed by atoms with Gasteiger partial charge < -0.3 is 16.4 Å². The van der Waals surface area contributed by atoms with Gasteiger partial charge in [0.15, 0.2) is 5.11 Å². The van der Waals surface area contributed by atoms with Crippen LogP contribution in [-0.4, -0.2) is 23.6 Å². The molecule has 0 heterocycles. The molecule has 0 aliphatic carbocycles. The van der Waals surface area contributed by atoms with Crippen LogP contribution < -0.4 is 16.4 Å². The van der Waals surface area contributed by atoms with Gasteiger partial charge in [0.1, 0.15) is 6.04 Å². The summed E-state index contributed by atoms with van der Waals surface area (Å²) in [6.07, 6.45) is 0. The predicted molar refractivity (Wildman–Crippen MR) is 48.1 cm³/mol. The van der Waals surface area contributed by atoms with E-state index >= 15 is 0 Å². The molecule has 0 spiro atoms. The third kappa shape index (κ3) is 4.55. The van der Waals surface area contributed by atoms with Gasteiger partial charge in [-0.25, -0.2) is 0 Å². The fraction of sp³-hybridized carbons (Fsp3) is 0.667. The van der Waals surface area contributed by atoms with Crippen molar-refractivity contribution < 1.29 is 4.79 Å². The maximum Gasteiger partial charge on any atom is 0.239 e. The fourth-order valence-corrected chi connectivity index (χ4v) is 0.800. The van der Waals surface area contributed by atoms with Crippen LogP contribution in [0.25, 0.3) is 0 Å². The van der Waals surface area contributed by atoms with E-state index in [1.807, 2.05) is 6.92 Å². The number of hydrogen-bond donors (Lipinski definition) is 3. The molecule has 0 saturated carbocycles. The molecule has 0 saturated heterocycles. The van der Waals surface area contributed by atoms with Gasteiger partial charge in [-0.2, -0.15) is 0 Å². The minimum absolute atomic E-state index is 0.412. The first-order valence-electron chi connectivity index (χ1n) is 3.41. The van der Waals surface area contributed by atoms with Crippen LogP contribution in [-0.2, 0) is 4.79 Å². The van der Waals surface area contributed by atoms with Crippen molar-refractivity contribution in [1.82, 2.24) is 10.6 Å². The predicted octanol–water partition coefficient (Wildman–Crippen LogP) is -0.656. The summed E-state index contributed by atoms with van der Waals surface area (Å²) in [6.45, 7) is 4.31. The quantitative estimate of drug-likeness (QED) is 0.498. The van der Waals surface area contributed by atoms with Crippen LogP contribution in [0.2, 0.25) is 0 Å². The maximum atomic E-state index is 10.5. The molecule has 1 atom stereocenters. The molecular weight excluding hydrogens is 162 g/mol. The first kappa shape index (κ1) is 10.2. The number of amides is 1. The second-order valence-corrected chi connectivity index (χ2v) is 2.54. The Hall–Kier alpha value is -0.840. The van der Waals surface area contributed by atoms with Gasteiger partial charge in [0, 0.05) is 6.54 Å². The van der Waals surface area contributed by atoms with Crippen molar-refractivity contribution in [2.45, 2.75) is 19.9 Å². The van der Waals surface area contributed by atoms with E-state index in [1.54, 1.807) is 6.92 Å². The molecule has 0 aromatic carbocycles. The van der Waals surface area contributed by atoms with Gasteiger partial charge in [0.25, 0.3) is 0 Å². The molecule has 4 N–H and O–H groups in total. The lowest BCUT2D eigenvalue weighted by molar-refractivity contribution is -0.119. The van der Waals surface area contributed by atoms with Crippen LogP contribution in [0.4, 0.5) is 0 Å². The molecule has 0 aliphatic rings. The molecule has 0 aromatic heterocycles. The highest BCUT2D eigenvalue weighted by atomic mass is 32.1. The Bertz CT molecular complexity index is 160. The van der Waals surface area contributed by atoms with Crippen LogP contribution in [0, 0.1) is 0 Å². The monoisotopic (exact) mass is 175 g/mol. The third-order valence-electron chi connectivity index (χ3n) is 1.11. The lowest BCUT2D eigenvalue weighted by Crippen LogP contribution is -2.46. The third-order valence-corrected chi connectivity index (χ3v) is 1.37. The van der Waals surface area contributed by atoms with Crippen molar-refractivity contribution in [3.8, 4) is 0 Å². The van der Waals surface area contributed by atoms with Crippen LogP contribution in [0.3, 0.4) is 0 Å². The molecule has 64 valence electrons. The molecule has 4 nitrogen and oxygen atoms in total. The molecule has 0 fully saturated rings. The second-order valence-electron chi connectivity index (χ2n) is 2.13. The number of hydrogen-bond acceptors (Lipinski definition) is 2. The molecule has 1 unspecified atom stereocenters. The summed E-state index contributed by atoms with van der Waals surface area (Å²) in [5.74, 6) is -0.412. The minimum atomic E-state index is -0.415. The molecular formula is C6H13N3OS. The lowest BCUT2D eigenvalue weighted by Gasteiger charge is -2.12. The molecule has 5 heteroatoms. The Morgan fingerprint density at radius 1 is 1.73 bits per heavy atom. The van der Waals surface area contributed by atoms with E-state index in [4.69, 9.17) is 18.0 Å². The second kappa shape index (κ2) is 4.90. The summed E-state index contributed by atoms with van der Waals surface area (Å²) in [5, 5.41) is 6.03. The number of carbonyl (C=O) groups is 1. The van der Waals surface area contributed by atoms with E-state index in [1.165, 1.54) is 0 Å². The van der Waals surface area contributed by atoms with Crippen molar-refractivity contribution in [2.24, 2.45) is 5.73 Å². The van der Waals surface area contributed by atoms with Gasteiger partial charge in [0.2, 0.25) is 5.91 Å². The minimum Gasteiger partial charge on any atom is -0.368 e. The largest absolute Gasteiger partial charge is 0.368 e. The van der Waals surface area contributed by atoms with Crippen LogP contribution in [0.1, 0.15) is 13.8 Å². The van der Waals surface area contributed by atoms with E-state index in [-0.39, 0.29) is 0 Å². The summed E-state index contributed by atoms with van der Waals surface area (Å²) < 4.78 is 0. The van der Waals surface area contributed by atoms with E-state index in [9.17, 15) is 4.79 Å². The van der Waals surface area contributed by atoms with Crippen molar-refractivity contribution in [3.05, 3.63) is 0 Å². The first-order valence-corrected chi connectivity index (χ1v) is 3.82. The van der Waals surface area contributed by atoms with Crippen molar-refractivity contribution >= 4 is 23.2 Å². The molecule has 0 radical (unpaired) electrons. The van der Waals surface area contributed by atoms with Gasteiger partial charge in [-0.1, -0.05) is 0 Å². The highest BCUT2D eigenvalue weighted by molar-refractivity contribution is 7.80. The number of primary amides is 1. The molecule has 0 rings (SSSR count). The number of rotatable bonds is 3. The zero-order valence-corrected chi connectivity index (χ0v) is 7.49. The van der Waals surface area contributed by atoms with E-state index in [0.29, 0.717) is 5.11 Å². The van der Waals surface area contributed by atoms with Crippen LogP contribution in [0.5, 0.6) is 0 Å². The molecule has 0 bridgehead atoms. The molecule has 0 aromatic rings. The molecule has 11 heavy (non-hydrogen) atoms. The smallest absolute Gasteiger partial charge is 0.239 e. The Morgan fingerprint density at radius 2 is 2.27 bits per heavy atom. The zero-order valence-electron chi connectivity index (χ0n) is 6.68. The van der Waals surface area contributed by atoms with Gasteiger partial charge in [0.05, 0.1) is 0 Å². The van der Waals surface area contributed by atoms with Crippen LogP contribution in [0.15, 0.2) is 0 Å². The van der Waals surface area contributed by atoms with Crippen molar-refractivity contribution in [1.29, 1.82) is 0 Å². The SMILES string of the molecule is CCNC(=S)NC(C)C(N)=O. The first-order chi connectivity index (χ1) is 5.07. The normalized spacial score (nSPS) is 11.8. The summed E-state index contributed by atoms with van der Waals surface area (Å²) >= 11 is 4.82. The summed E-state index contributed by atoms with van der Waals surface area (Å²) in [4.78, 5) is 10.5. The average Bonchev–Trinajstić information content (AvgIpc) is 1.87. The van der Waals surface area contributed by atoms with E-state index in [2.05, 4.69) is 10.6 Å². The Kier molecular flexibility index (Phi) is 4.52. The fourth-order valence-electron chi connectivity index (χ4n) is 0.479. The maximum absolute atomic E-state index is 10.5. The lowest BCUT2D eigenvalue weighted by atomic mass is 10.3. The number of nitrogens with two attached hydrogens (primary N) is 1. The van der Waals surface area contributed by atoms with Gasteiger partial charge >= 0.3 is 0 Å². The number of nitrogens with one attached hydrogen (secondary N) is 2. The highest BCUT2D eigenvalue weighted by Gasteiger charge is 2.07. The topological polar surface area (TPSA) is 67.2 Å². The van der Waals surface area contributed by atoms with E-state index in [0.717, 1.165) is 6.54 Å². The summed E-state index contributed by atoms with van der Waals surface area (Å²) in [7, 11) is 0. The Morgan fingerprint density at radius 3 is 2.64 bits per heavy atom. The number of carbonyl (C=O) groups excluding carboxylic acids is 1. The van der Waals surface area contributed by atoms with E-state index < -0.39 is 11.9 Å². The average molecular weight is 175 g/mol. The van der Waals surface area contributed by atoms with Crippen LogP contribution >= 0.6 is 12.2 Å². The van der Waals surface area contributed by atoms with Crippen molar-refractivity contribution in [2.75, 3.05) is 6.54 Å². The molecule has 0 aliphatic heterocycles. The van der Waals surface area contributed by atoms with Gasteiger partial charge in [-0.05, 0) is 26.1 Å². The molecule has 1 amide bonds. The zero-order chi connectivity index (χ0) is 8.85. The number of thiocarbonyl (C=S) groups is 1. The van der Waals surface area contributed by atoms with Crippen molar-refractivity contribution in [3.63, 3.8) is 0 Å². The Labute approximate surface area is 71.5 Å². The summed E-state index contributed by atoms with van der Waals surface area (Å²) in [6, 6.07) is -0.415. The summed E-state index contributed by atoms with van der Waals surface area (Å²) in [5.41, 5.74) is 4.99.